The Morgan fingerprint density at radius 3 is 2.20 bits per heavy atom. The maximum absolute atomic E-state index is 10.9. The van der Waals surface area contributed by atoms with Crippen LogP contribution >= 0.6 is 0 Å². The average molecular weight is 206 g/mol. The molecule has 0 N–H and O–H groups in total. The summed E-state index contributed by atoms with van der Waals surface area (Å²) in [6.45, 7) is 9.44. The third kappa shape index (κ3) is 3.72. The number of nitrogens with zero attached hydrogens (tertiary/aromatic N) is 1. The second kappa shape index (κ2) is 4.45. The third-order valence-corrected chi connectivity index (χ3v) is 1.66. The summed E-state index contributed by atoms with van der Waals surface area (Å²) in [6.07, 6.45) is 0.656. The van der Waals surface area contributed by atoms with Crippen LogP contribution in [0.1, 0.15) is 26.3 Å². The molecule has 1 rings (SSSR count). The summed E-state index contributed by atoms with van der Waals surface area (Å²) in [5.41, 5.74) is 1.21. The standard InChI is InChI=1S/C12H16NO2/c1-10-5-7-11(8-6-10)13(9-14)15-12(2,3)4/h5-9H,1H2,2-4H3. The molecular weight excluding hydrogens is 190 g/mol. The number of rotatable bonds is 3. The minimum Gasteiger partial charge on any atom is -0.276 e. The van der Waals surface area contributed by atoms with Gasteiger partial charge in [0.15, 0.2) is 0 Å². The molecule has 1 aromatic rings. The van der Waals surface area contributed by atoms with Crippen LogP contribution in [0.4, 0.5) is 5.69 Å². The molecule has 0 aromatic heterocycles. The highest BCUT2D eigenvalue weighted by Crippen LogP contribution is 2.18. The predicted octanol–water partition coefficient (Wildman–Crippen LogP) is 2.56. The van der Waals surface area contributed by atoms with Gasteiger partial charge < -0.3 is 0 Å². The van der Waals surface area contributed by atoms with Gasteiger partial charge in [0.1, 0.15) is 0 Å². The first-order valence-corrected chi connectivity index (χ1v) is 4.78. The van der Waals surface area contributed by atoms with Crippen molar-refractivity contribution in [3.05, 3.63) is 36.8 Å². The molecule has 15 heavy (non-hydrogen) atoms. The van der Waals surface area contributed by atoms with Crippen LogP contribution in [0.2, 0.25) is 0 Å². The second-order valence-corrected chi connectivity index (χ2v) is 4.30. The molecule has 81 valence electrons. The van der Waals surface area contributed by atoms with Gasteiger partial charge in [-0.15, -0.1) is 0 Å². The first-order chi connectivity index (χ1) is 6.92. The predicted molar refractivity (Wildman–Crippen MR) is 60.3 cm³/mol. The highest BCUT2D eigenvalue weighted by atomic mass is 16.7. The Morgan fingerprint density at radius 2 is 1.80 bits per heavy atom. The van der Waals surface area contributed by atoms with Crippen LogP contribution in [0.15, 0.2) is 24.3 Å². The van der Waals surface area contributed by atoms with Crippen molar-refractivity contribution in [2.45, 2.75) is 26.4 Å². The maximum Gasteiger partial charge on any atom is 0.238 e. The van der Waals surface area contributed by atoms with Crippen molar-refractivity contribution >= 4 is 12.1 Å². The Balaban J connectivity index is 2.83. The quantitative estimate of drug-likeness (QED) is 0.562. The third-order valence-electron chi connectivity index (χ3n) is 1.66. The normalized spacial score (nSPS) is 11.2. The van der Waals surface area contributed by atoms with Gasteiger partial charge in [-0.3, -0.25) is 9.63 Å². The lowest BCUT2D eigenvalue weighted by Gasteiger charge is -2.26. The van der Waals surface area contributed by atoms with Crippen molar-refractivity contribution in [1.82, 2.24) is 0 Å². The van der Waals surface area contributed by atoms with E-state index in [0.29, 0.717) is 12.1 Å². The first-order valence-electron chi connectivity index (χ1n) is 4.78. The van der Waals surface area contributed by atoms with Gasteiger partial charge in [-0.25, -0.2) is 0 Å². The van der Waals surface area contributed by atoms with Gasteiger partial charge in [0, 0.05) is 0 Å². The Hall–Kier alpha value is -1.35. The van der Waals surface area contributed by atoms with Crippen molar-refractivity contribution in [2.24, 2.45) is 0 Å². The largest absolute Gasteiger partial charge is 0.276 e. The fraction of sp³-hybridized carbons (Fsp3) is 0.333. The Bertz CT molecular complexity index is 324. The Kier molecular flexibility index (Phi) is 3.48. The molecule has 1 amide bonds. The molecule has 1 radical (unpaired) electrons. The Labute approximate surface area is 90.6 Å². The fourth-order valence-corrected chi connectivity index (χ4v) is 1.07. The summed E-state index contributed by atoms with van der Waals surface area (Å²) in [4.78, 5) is 16.3. The van der Waals surface area contributed by atoms with Crippen LogP contribution < -0.4 is 5.06 Å². The van der Waals surface area contributed by atoms with E-state index >= 15 is 0 Å². The zero-order valence-electron chi connectivity index (χ0n) is 9.36. The number of amides is 1. The molecule has 0 aliphatic rings. The van der Waals surface area contributed by atoms with Gasteiger partial charge in [-0.1, -0.05) is 12.1 Å². The lowest BCUT2D eigenvalue weighted by atomic mass is 10.2. The molecule has 0 aliphatic heterocycles. The van der Waals surface area contributed by atoms with E-state index in [-0.39, 0.29) is 0 Å². The van der Waals surface area contributed by atoms with Gasteiger partial charge in [0.05, 0.1) is 11.3 Å². The van der Waals surface area contributed by atoms with Crippen LogP contribution in [-0.2, 0) is 9.63 Å². The van der Waals surface area contributed by atoms with E-state index < -0.39 is 5.60 Å². The van der Waals surface area contributed by atoms with Crippen LogP contribution in [0.5, 0.6) is 0 Å². The van der Waals surface area contributed by atoms with Gasteiger partial charge in [-0.05, 0) is 45.4 Å². The van der Waals surface area contributed by atoms with E-state index in [1.54, 1.807) is 12.1 Å². The first kappa shape index (κ1) is 11.7. The van der Waals surface area contributed by atoms with Crippen molar-refractivity contribution in [3.63, 3.8) is 0 Å². The average Bonchev–Trinajstić information content (AvgIpc) is 2.14. The molecule has 0 saturated carbocycles. The van der Waals surface area contributed by atoms with Crippen molar-refractivity contribution < 1.29 is 9.63 Å². The number of hydrogen-bond donors (Lipinski definition) is 0. The summed E-state index contributed by atoms with van der Waals surface area (Å²) in [7, 11) is 0. The van der Waals surface area contributed by atoms with Gasteiger partial charge in [-0.2, -0.15) is 5.06 Å². The molecule has 1 aromatic carbocycles. The fourth-order valence-electron chi connectivity index (χ4n) is 1.07. The van der Waals surface area contributed by atoms with Gasteiger partial charge in [0.2, 0.25) is 6.41 Å². The second-order valence-electron chi connectivity index (χ2n) is 4.30. The van der Waals surface area contributed by atoms with Crippen LogP contribution in [0, 0.1) is 6.92 Å². The van der Waals surface area contributed by atoms with Crippen LogP contribution in [0.3, 0.4) is 0 Å². The minimum absolute atomic E-state index is 0.399. The molecule has 0 spiro atoms. The Morgan fingerprint density at radius 1 is 1.27 bits per heavy atom. The SMILES string of the molecule is [CH2]c1ccc(N(C=O)OC(C)(C)C)cc1. The maximum atomic E-state index is 10.9. The smallest absolute Gasteiger partial charge is 0.238 e. The van der Waals surface area contributed by atoms with Gasteiger partial charge >= 0.3 is 0 Å². The highest BCUT2D eigenvalue weighted by Gasteiger charge is 2.17. The molecule has 0 fully saturated rings. The van der Waals surface area contributed by atoms with Crippen LogP contribution in [-0.4, -0.2) is 12.0 Å². The van der Waals surface area contributed by atoms with E-state index in [9.17, 15) is 4.79 Å². The molecule has 3 heteroatoms. The zero-order chi connectivity index (χ0) is 11.5. The lowest BCUT2D eigenvalue weighted by Crippen LogP contribution is -2.32. The van der Waals surface area contributed by atoms with E-state index in [4.69, 9.17) is 4.84 Å². The van der Waals surface area contributed by atoms with E-state index in [2.05, 4.69) is 6.92 Å². The molecule has 0 bridgehead atoms. The summed E-state index contributed by atoms with van der Waals surface area (Å²) in [6, 6.07) is 7.25. The van der Waals surface area contributed by atoms with Crippen molar-refractivity contribution in [2.75, 3.05) is 5.06 Å². The van der Waals surface area contributed by atoms with E-state index in [1.807, 2.05) is 32.9 Å². The molecular formula is C12H16NO2. The summed E-state index contributed by atoms with van der Waals surface area (Å²) < 4.78 is 0. The lowest BCUT2D eigenvalue weighted by molar-refractivity contribution is -0.120. The molecule has 0 atom stereocenters. The molecule has 0 aliphatic carbocycles. The van der Waals surface area contributed by atoms with Crippen LogP contribution in [0.25, 0.3) is 0 Å². The minimum atomic E-state index is -0.399. The summed E-state index contributed by atoms with van der Waals surface area (Å²) >= 11 is 0. The van der Waals surface area contributed by atoms with Crippen molar-refractivity contribution in [3.8, 4) is 0 Å². The zero-order valence-corrected chi connectivity index (χ0v) is 9.36. The number of benzene rings is 1. The molecule has 0 heterocycles. The summed E-state index contributed by atoms with van der Waals surface area (Å²) in [5.74, 6) is 0. The monoisotopic (exact) mass is 206 g/mol. The van der Waals surface area contributed by atoms with Crippen molar-refractivity contribution in [1.29, 1.82) is 0 Å². The number of anilines is 1. The number of hydrogen-bond acceptors (Lipinski definition) is 2. The topological polar surface area (TPSA) is 29.5 Å². The van der Waals surface area contributed by atoms with E-state index in [1.165, 1.54) is 5.06 Å². The molecule has 0 unspecified atom stereocenters. The van der Waals surface area contributed by atoms with E-state index in [0.717, 1.165) is 5.56 Å². The summed E-state index contributed by atoms with van der Waals surface area (Å²) in [5, 5.41) is 1.22. The number of hydroxylamine groups is 1. The molecule has 0 saturated heterocycles. The highest BCUT2D eigenvalue weighted by molar-refractivity contribution is 5.72. The number of carbonyl (C=O) groups is 1. The molecule has 3 nitrogen and oxygen atoms in total. The van der Waals surface area contributed by atoms with Gasteiger partial charge in [0.25, 0.3) is 0 Å². The number of carbonyl (C=O) groups excluding carboxylic acids is 1.